The zero-order valence-electron chi connectivity index (χ0n) is 14.3. The summed E-state index contributed by atoms with van der Waals surface area (Å²) in [7, 11) is 0. The Morgan fingerprint density at radius 1 is 1.29 bits per heavy atom. The Kier molecular flexibility index (Phi) is 5.50. The molecule has 0 spiro atoms. The zero-order valence-corrected chi connectivity index (χ0v) is 14.3. The first kappa shape index (κ1) is 18.4. The van der Waals surface area contributed by atoms with Crippen molar-refractivity contribution in [1.29, 1.82) is 0 Å². The molecule has 1 saturated heterocycles. The van der Waals surface area contributed by atoms with E-state index in [2.05, 4.69) is 38.5 Å². The second kappa shape index (κ2) is 6.26. The van der Waals surface area contributed by atoms with Gasteiger partial charge in [-0.25, -0.2) is 0 Å². The second-order valence-electron chi connectivity index (χ2n) is 7.92. The molecule has 1 fully saturated rings. The van der Waals surface area contributed by atoms with E-state index in [0.717, 1.165) is 0 Å². The molecule has 4 heteroatoms. The van der Waals surface area contributed by atoms with E-state index in [1.807, 2.05) is 13.8 Å². The largest absolute Gasteiger partial charge is 0.393 e. The van der Waals surface area contributed by atoms with Crippen LogP contribution in [0.15, 0.2) is 0 Å². The van der Waals surface area contributed by atoms with E-state index < -0.39 is 11.7 Å². The van der Waals surface area contributed by atoms with Gasteiger partial charge in [0.15, 0.2) is 0 Å². The van der Waals surface area contributed by atoms with Crippen LogP contribution < -0.4 is 0 Å². The standard InChI is InChI=1S/C17H31NO3/c1-8-17(6,7)21-12-14(20)11-18-15(2,3)9-13(19)10-16(18,4)5/h1,13-14,19-20H,9-12H2,2-7H3/t14-/m0/s1. The van der Waals surface area contributed by atoms with Gasteiger partial charge in [-0.15, -0.1) is 6.42 Å². The van der Waals surface area contributed by atoms with Gasteiger partial charge in [0.2, 0.25) is 0 Å². The maximum Gasteiger partial charge on any atom is 0.122 e. The third kappa shape index (κ3) is 4.96. The number of nitrogens with zero attached hydrogens (tertiary/aromatic N) is 1. The Labute approximate surface area is 129 Å². The minimum atomic E-state index is -0.663. The summed E-state index contributed by atoms with van der Waals surface area (Å²) in [6.07, 6.45) is 5.90. The lowest BCUT2D eigenvalue weighted by atomic mass is 9.78. The van der Waals surface area contributed by atoms with Crippen molar-refractivity contribution in [3.05, 3.63) is 0 Å². The number of hydrogen-bond acceptors (Lipinski definition) is 4. The minimum absolute atomic E-state index is 0.163. The SMILES string of the molecule is C#CC(C)(C)OC[C@@H](O)CN1C(C)(C)CC(O)CC1(C)C. The van der Waals surface area contributed by atoms with Gasteiger partial charge >= 0.3 is 0 Å². The van der Waals surface area contributed by atoms with Gasteiger partial charge in [-0.3, -0.25) is 4.90 Å². The number of terminal acetylenes is 1. The van der Waals surface area contributed by atoms with Gasteiger partial charge in [-0.2, -0.15) is 0 Å². The molecule has 1 atom stereocenters. The molecule has 122 valence electrons. The van der Waals surface area contributed by atoms with Crippen molar-refractivity contribution < 1.29 is 14.9 Å². The Morgan fingerprint density at radius 3 is 2.19 bits per heavy atom. The van der Waals surface area contributed by atoms with Gasteiger partial charge in [-0.1, -0.05) is 5.92 Å². The molecule has 0 aromatic heterocycles. The summed E-state index contributed by atoms with van der Waals surface area (Å²) in [6.45, 7) is 12.8. The highest BCUT2D eigenvalue weighted by Gasteiger charge is 2.45. The molecule has 2 N–H and O–H groups in total. The first-order valence-corrected chi connectivity index (χ1v) is 7.65. The predicted octanol–water partition coefficient (Wildman–Crippen LogP) is 1.79. The number of β-amino-alcohol motifs (C(OH)–C–C–N with tert-alkyl or cyclic N) is 1. The fourth-order valence-corrected chi connectivity index (χ4v) is 3.37. The van der Waals surface area contributed by atoms with Gasteiger partial charge in [0, 0.05) is 17.6 Å². The highest BCUT2D eigenvalue weighted by molar-refractivity contribution is 5.03. The third-order valence-corrected chi connectivity index (χ3v) is 4.31. The molecular formula is C17H31NO3. The Hall–Kier alpha value is -0.600. The van der Waals surface area contributed by atoms with Crippen molar-refractivity contribution in [2.45, 2.75) is 83.3 Å². The van der Waals surface area contributed by atoms with E-state index in [1.54, 1.807) is 0 Å². The monoisotopic (exact) mass is 297 g/mol. The molecule has 0 aromatic carbocycles. The van der Waals surface area contributed by atoms with Crippen LogP contribution in [0.5, 0.6) is 0 Å². The van der Waals surface area contributed by atoms with E-state index in [1.165, 1.54) is 0 Å². The Balaban J connectivity index is 2.69. The number of piperidine rings is 1. The summed E-state index contributed by atoms with van der Waals surface area (Å²) in [5.41, 5.74) is -0.988. The van der Waals surface area contributed by atoms with Crippen LogP contribution in [0.4, 0.5) is 0 Å². The summed E-state index contributed by atoms with van der Waals surface area (Å²) in [5.74, 6) is 2.56. The summed E-state index contributed by atoms with van der Waals surface area (Å²) in [5, 5.41) is 20.3. The predicted molar refractivity (Wildman–Crippen MR) is 85.0 cm³/mol. The normalized spacial score (nSPS) is 24.5. The molecule has 0 aliphatic carbocycles. The Morgan fingerprint density at radius 2 is 1.76 bits per heavy atom. The molecule has 0 unspecified atom stereocenters. The molecule has 1 aliphatic heterocycles. The van der Waals surface area contributed by atoms with Gasteiger partial charge in [0.1, 0.15) is 5.60 Å². The maximum atomic E-state index is 10.3. The van der Waals surface area contributed by atoms with E-state index in [0.29, 0.717) is 19.4 Å². The molecule has 0 aromatic rings. The van der Waals surface area contributed by atoms with Crippen LogP contribution in [0.3, 0.4) is 0 Å². The highest BCUT2D eigenvalue weighted by atomic mass is 16.5. The fraction of sp³-hybridized carbons (Fsp3) is 0.882. The van der Waals surface area contributed by atoms with Crippen molar-refractivity contribution in [3.63, 3.8) is 0 Å². The topological polar surface area (TPSA) is 52.9 Å². The summed E-state index contributed by atoms with van der Waals surface area (Å²) in [4.78, 5) is 2.27. The van der Waals surface area contributed by atoms with Crippen LogP contribution in [0.25, 0.3) is 0 Å². The van der Waals surface area contributed by atoms with E-state index in [4.69, 9.17) is 11.2 Å². The quantitative estimate of drug-likeness (QED) is 0.760. The van der Waals surface area contributed by atoms with Gasteiger partial charge in [0.25, 0.3) is 0 Å². The molecule has 1 aliphatic rings. The summed E-state index contributed by atoms with van der Waals surface area (Å²) >= 11 is 0. The van der Waals surface area contributed by atoms with Gasteiger partial charge in [0.05, 0.1) is 18.8 Å². The minimum Gasteiger partial charge on any atom is -0.393 e. The van der Waals surface area contributed by atoms with Crippen LogP contribution in [-0.2, 0) is 4.74 Å². The Bertz CT molecular complexity index is 377. The molecule has 1 heterocycles. The molecule has 0 amide bonds. The van der Waals surface area contributed by atoms with Crippen LogP contribution in [0.1, 0.15) is 54.4 Å². The van der Waals surface area contributed by atoms with Crippen LogP contribution in [0.2, 0.25) is 0 Å². The summed E-state index contributed by atoms with van der Waals surface area (Å²) < 4.78 is 5.58. The molecule has 0 radical (unpaired) electrons. The van der Waals surface area contributed by atoms with Crippen LogP contribution in [0, 0.1) is 12.3 Å². The fourth-order valence-electron chi connectivity index (χ4n) is 3.37. The number of aliphatic hydroxyl groups excluding tert-OH is 2. The first-order chi connectivity index (χ1) is 9.39. The van der Waals surface area contributed by atoms with Crippen LogP contribution in [-0.4, -0.2) is 57.2 Å². The number of hydrogen-bond donors (Lipinski definition) is 2. The van der Waals surface area contributed by atoms with E-state index in [9.17, 15) is 10.2 Å². The lowest BCUT2D eigenvalue weighted by Crippen LogP contribution is -2.63. The molecule has 21 heavy (non-hydrogen) atoms. The average molecular weight is 297 g/mol. The van der Waals surface area contributed by atoms with Crippen molar-refractivity contribution in [1.82, 2.24) is 4.90 Å². The molecule has 1 rings (SSSR count). The number of rotatable bonds is 5. The van der Waals surface area contributed by atoms with Crippen molar-refractivity contribution in [2.75, 3.05) is 13.2 Å². The van der Waals surface area contributed by atoms with Crippen molar-refractivity contribution in [3.8, 4) is 12.3 Å². The smallest absolute Gasteiger partial charge is 0.122 e. The summed E-state index contributed by atoms with van der Waals surface area (Å²) in [6, 6.07) is 0. The number of ether oxygens (including phenoxy) is 1. The number of aliphatic hydroxyl groups is 2. The van der Waals surface area contributed by atoms with Crippen molar-refractivity contribution >= 4 is 0 Å². The lowest BCUT2D eigenvalue weighted by Gasteiger charge is -2.55. The van der Waals surface area contributed by atoms with Gasteiger partial charge in [-0.05, 0) is 54.4 Å². The third-order valence-electron chi connectivity index (χ3n) is 4.31. The number of likely N-dealkylation sites (tertiary alicyclic amines) is 1. The molecule has 0 saturated carbocycles. The zero-order chi connectivity index (χ0) is 16.5. The molecular weight excluding hydrogens is 266 g/mol. The van der Waals surface area contributed by atoms with E-state index >= 15 is 0 Å². The van der Waals surface area contributed by atoms with Crippen LogP contribution >= 0.6 is 0 Å². The average Bonchev–Trinajstić information content (AvgIpc) is 2.30. The van der Waals surface area contributed by atoms with Crippen molar-refractivity contribution in [2.24, 2.45) is 0 Å². The maximum absolute atomic E-state index is 10.3. The second-order valence-corrected chi connectivity index (χ2v) is 7.92. The van der Waals surface area contributed by atoms with Gasteiger partial charge < -0.3 is 14.9 Å². The first-order valence-electron chi connectivity index (χ1n) is 7.65. The molecule has 0 bridgehead atoms. The highest BCUT2D eigenvalue weighted by Crippen LogP contribution is 2.38. The van der Waals surface area contributed by atoms with E-state index in [-0.39, 0.29) is 23.8 Å². The molecule has 4 nitrogen and oxygen atoms in total. The lowest BCUT2D eigenvalue weighted by molar-refractivity contribution is -0.111.